The molecule has 1 unspecified atom stereocenters. The number of likely N-dealkylation sites (N-methyl/N-ethyl adjacent to an activating group) is 2. The Morgan fingerprint density at radius 2 is 1.31 bits per heavy atom. The Morgan fingerprint density at radius 1 is 0.728 bits per heavy atom. The van der Waals surface area contributed by atoms with Crippen molar-refractivity contribution in [2.75, 3.05) is 85.2 Å². The van der Waals surface area contributed by atoms with Crippen molar-refractivity contribution in [2.24, 2.45) is 0 Å². The van der Waals surface area contributed by atoms with Crippen molar-refractivity contribution in [1.82, 2.24) is 5.32 Å². The number of ether oxygens (including phenoxy) is 3. The molecule has 0 aromatic heterocycles. The van der Waals surface area contributed by atoms with E-state index in [-0.39, 0.29) is 72.8 Å². The Bertz CT molecular complexity index is 3260. The molecular weight excluding hydrogens is 1080 g/mol. The number of unbranched alkanes of at least 4 members (excludes halogenated alkanes) is 2. The predicted molar refractivity (Wildman–Crippen MR) is 326 cm³/mol. The first kappa shape index (κ1) is 59.4. The van der Waals surface area contributed by atoms with E-state index in [1.807, 2.05) is 124 Å². The zero-order valence-electron chi connectivity index (χ0n) is 47.8. The smallest absolute Gasteiger partial charge is 0.277 e. The van der Waals surface area contributed by atoms with Gasteiger partial charge in [0.05, 0.1) is 48.8 Å². The average Bonchev–Trinajstić information content (AvgIpc) is 4.20. The molecule has 0 saturated heterocycles. The molecule has 0 saturated carbocycles. The summed E-state index contributed by atoms with van der Waals surface area (Å²) >= 11 is 0. The van der Waals surface area contributed by atoms with Crippen LogP contribution in [0, 0.1) is 6.92 Å². The number of Topliss-reactive ketones (excluding diaryl/α,β-unsaturated/α-hetero) is 1. The minimum Gasteiger partial charge on any atom is -0.493 e. The first-order valence-electron chi connectivity index (χ1n) is 28.0. The van der Waals surface area contributed by atoms with Gasteiger partial charge in [0.25, 0.3) is 21.9 Å². The molecule has 81 heavy (non-hydrogen) atoms. The van der Waals surface area contributed by atoms with Gasteiger partial charge in [-0.1, -0.05) is 71.3 Å². The third-order valence-electron chi connectivity index (χ3n) is 15.7. The number of ketones is 1. The number of anilines is 5. The Morgan fingerprint density at radius 3 is 1.90 bits per heavy atom. The zero-order chi connectivity index (χ0) is 57.6. The number of carbonyl (C=O) groups is 4. The van der Waals surface area contributed by atoms with Gasteiger partial charge >= 0.3 is 0 Å². The predicted octanol–water partition coefficient (Wildman–Crippen LogP) is 10.6. The SMILES string of the molecule is CCNCCCCCC(=O)C(CCSSC(C)(C)CCC(=O)Nc1cc(COc2cc3c(cc2C)C(=O)N2c4ccccc4C[C@H]2CN3C)cc(COc2cc3c(cc2OC)C(=O)N2c4ccccc4C[C@H]2CN3C)c1)S(=O)(=O)OC. The molecule has 432 valence electrons. The van der Waals surface area contributed by atoms with Crippen LogP contribution >= 0.6 is 21.6 Å². The highest BCUT2D eigenvalue weighted by molar-refractivity contribution is 8.77. The van der Waals surface area contributed by atoms with Crippen molar-refractivity contribution < 1.29 is 46.0 Å². The summed E-state index contributed by atoms with van der Waals surface area (Å²) in [6, 6.07) is 29.4. The van der Waals surface area contributed by atoms with Crippen molar-refractivity contribution in [3.8, 4) is 17.2 Å². The lowest BCUT2D eigenvalue weighted by Crippen LogP contribution is -2.41. The van der Waals surface area contributed by atoms with Crippen molar-refractivity contribution in [3.05, 3.63) is 130 Å². The highest BCUT2D eigenvalue weighted by Crippen LogP contribution is 2.44. The van der Waals surface area contributed by atoms with Gasteiger partial charge in [0.1, 0.15) is 24.2 Å². The van der Waals surface area contributed by atoms with Gasteiger partial charge in [-0.25, -0.2) is 0 Å². The molecule has 2 N–H and O–H groups in total. The van der Waals surface area contributed by atoms with Gasteiger partial charge in [0.15, 0.2) is 17.3 Å². The highest BCUT2D eigenvalue weighted by atomic mass is 33.1. The van der Waals surface area contributed by atoms with Crippen molar-refractivity contribution in [2.45, 2.75) is 121 Å². The van der Waals surface area contributed by atoms with Gasteiger partial charge in [-0.05, 0) is 143 Å². The average molecular weight is 1160 g/mol. The van der Waals surface area contributed by atoms with Crippen LogP contribution in [0.15, 0.2) is 91.0 Å². The van der Waals surface area contributed by atoms with Gasteiger partial charge < -0.3 is 44.4 Å². The molecule has 0 fully saturated rings. The van der Waals surface area contributed by atoms with Gasteiger partial charge in [-0.3, -0.25) is 23.4 Å². The summed E-state index contributed by atoms with van der Waals surface area (Å²) in [5.74, 6) is 1.28. The van der Waals surface area contributed by atoms with E-state index in [0.29, 0.717) is 65.7 Å². The summed E-state index contributed by atoms with van der Waals surface area (Å²) in [6.07, 6.45) is 4.97. The summed E-state index contributed by atoms with van der Waals surface area (Å²) < 4.78 is 49.2. The van der Waals surface area contributed by atoms with Crippen LogP contribution in [-0.4, -0.2) is 114 Å². The highest BCUT2D eigenvalue weighted by Gasteiger charge is 2.41. The lowest BCUT2D eigenvalue weighted by Gasteiger charge is -2.25. The monoisotopic (exact) mass is 1160 g/mol. The molecule has 4 heterocycles. The van der Waals surface area contributed by atoms with Crippen LogP contribution in [-0.2, 0) is 49.9 Å². The standard InChI is InChI=1S/C62H76N6O10S3/c1-9-63-25-16-10-11-21-54(69)58(81(73,74)76-8)23-26-79-80-62(3,4)24-22-59(70)64-45-29-41(38-77-55-34-52-48(27-40(55)2)60(71)67-46(36-65(52)5)31-43-17-12-14-19-50(43)67)28-42(30-45)39-78-57-35-53-49(33-56(57)75-7)61(72)68-47(37-66(53)6)32-44-18-13-15-20-51(44)68/h12-15,17-20,27-30,33-35,46-47,58,63H,9-11,16,21-26,31-32,36-39H2,1-8H3,(H,64,70)/t46-,47-,58?/m0/s1. The molecular formula is C62H76N6O10S3. The fourth-order valence-electron chi connectivity index (χ4n) is 11.5. The van der Waals surface area contributed by atoms with Crippen LogP contribution in [0.5, 0.6) is 17.2 Å². The fraction of sp³-hybridized carbons (Fsp3) is 0.452. The van der Waals surface area contributed by atoms with Gasteiger partial charge in [0, 0.05) is 79.7 Å². The first-order valence-corrected chi connectivity index (χ1v) is 31.8. The summed E-state index contributed by atoms with van der Waals surface area (Å²) in [6.45, 7) is 11.3. The number of fused-ring (bicyclic) bond motifs is 8. The number of nitrogens with zero attached hydrogens (tertiary/aromatic N) is 4. The molecule has 3 amide bonds. The maximum atomic E-state index is 14.3. The first-order chi connectivity index (χ1) is 38.9. The second kappa shape index (κ2) is 25.9. The van der Waals surface area contributed by atoms with Crippen LogP contribution < -0.4 is 44.4 Å². The number of benzene rings is 5. The maximum Gasteiger partial charge on any atom is 0.277 e. The van der Waals surface area contributed by atoms with Gasteiger partial charge in [-0.15, -0.1) is 0 Å². The van der Waals surface area contributed by atoms with E-state index in [2.05, 4.69) is 32.6 Å². The Kier molecular flexibility index (Phi) is 19.0. The minimum atomic E-state index is -4.05. The van der Waals surface area contributed by atoms with E-state index in [4.69, 9.17) is 18.4 Å². The maximum absolute atomic E-state index is 14.3. The zero-order valence-corrected chi connectivity index (χ0v) is 50.3. The van der Waals surface area contributed by atoms with Crippen LogP contribution in [0.3, 0.4) is 0 Å². The lowest BCUT2D eigenvalue weighted by molar-refractivity contribution is -0.119. The molecule has 5 aromatic carbocycles. The van der Waals surface area contributed by atoms with E-state index in [9.17, 15) is 27.6 Å². The summed E-state index contributed by atoms with van der Waals surface area (Å²) in [4.78, 5) is 63.7. The summed E-state index contributed by atoms with van der Waals surface area (Å²) in [5.41, 5.74) is 9.77. The van der Waals surface area contributed by atoms with Crippen molar-refractivity contribution in [3.63, 3.8) is 0 Å². The molecule has 4 aliphatic rings. The van der Waals surface area contributed by atoms with E-state index >= 15 is 0 Å². The van der Waals surface area contributed by atoms with E-state index in [0.717, 1.165) is 90.9 Å². The minimum absolute atomic E-state index is 0.00717. The van der Waals surface area contributed by atoms with Crippen LogP contribution in [0.1, 0.15) is 114 Å². The summed E-state index contributed by atoms with van der Waals surface area (Å²) in [5, 5.41) is 5.18. The number of aryl methyl sites for hydroxylation is 1. The molecule has 19 heteroatoms. The number of hydrogen-bond acceptors (Lipinski definition) is 15. The van der Waals surface area contributed by atoms with Gasteiger partial charge in [-0.2, -0.15) is 8.42 Å². The molecule has 4 aliphatic heterocycles. The van der Waals surface area contributed by atoms with Gasteiger partial charge in [0.2, 0.25) is 5.91 Å². The van der Waals surface area contributed by atoms with Crippen LogP contribution in [0.25, 0.3) is 0 Å². The quantitative estimate of drug-likeness (QED) is 0.0304. The van der Waals surface area contributed by atoms with E-state index in [1.54, 1.807) is 24.0 Å². The fourth-order valence-corrected chi connectivity index (χ4v) is 15.4. The summed E-state index contributed by atoms with van der Waals surface area (Å²) in [7, 11) is 5.66. The van der Waals surface area contributed by atoms with Crippen LogP contribution in [0.4, 0.5) is 28.4 Å². The molecule has 0 radical (unpaired) electrons. The molecule has 3 atom stereocenters. The Hall–Kier alpha value is -6.25. The number of amides is 3. The molecule has 0 spiro atoms. The number of methoxy groups -OCH3 is 1. The second-order valence-corrected chi connectivity index (χ2v) is 27.1. The number of rotatable bonds is 26. The van der Waals surface area contributed by atoms with Crippen LogP contribution in [0.2, 0.25) is 0 Å². The number of nitrogens with one attached hydrogen (secondary N) is 2. The molecule has 0 bridgehead atoms. The van der Waals surface area contributed by atoms with E-state index < -0.39 is 15.4 Å². The number of carbonyl (C=O) groups excluding carboxylic acids is 4. The Labute approximate surface area is 485 Å². The molecule has 5 aromatic rings. The molecule has 9 rings (SSSR count). The topological polar surface area (TPSA) is 176 Å². The van der Waals surface area contributed by atoms with E-state index in [1.165, 1.54) is 16.4 Å². The van der Waals surface area contributed by atoms with Crippen molar-refractivity contribution >= 4 is 83.6 Å². The largest absolute Gasteiger partial charge is 0.493 e. The second-order valence-electron chi connectivity index (χ2n) is 22.1. The molecule has 0 aliphatic carbocycles. The third kappa shape index (κ3) is 13.7. The number of hydrogen-bond donors (Lipinski definition) is 2. The normalized spacial score (nSPS) is 16.8. The number of para-hydroxylation sites is 2. The molecule has 16 nitrogen and oxygen atoms in total. The third-order valence-corrected chi connectivity index (χ3v) is 20.7. The Balaban J connectivity index is 0.896. The lowest BCUT2D eigenvalue weighted by atomic mass is 10.1. The van der Waals surface area contributed by atoms with Crippen molar-refractivity contribution in [1.29, 1.82) is 0 Å².